The molecule has 0 aliphatic rings. The highest BCUT2D eigenvalue weighted by Crippen LogP contribution is 2.36. The van der Waals surface area contributed by atoms with Gasteiger partial charge in [-0.3, -0.25) is 20.2 Å². The molecule has 2 aromatic carbocycles. The topological polar surface area (TPSA) is 114 Å². The van der Waals surface area contributed by atoms with Crippen molar-refractivity contribution < 1.29 is 24.1 Å². The minimum Gasteiger partial charge on any atom is -0.487 e. The summed E-state index contributed by atoms with van der Waals surface area (Å²) in [4.78, 5) is 20.9. The van der Waals surface area contributed by atoms with Gasteiger partial charge < -0.3 is 14.2 Å². The third-order valence-corrected chi connectivity index (χ3v) is 3.09. The van der Waals surface area contributed by atoms with E-state index >= 15 is 0 Å². The van der Waals surface area contributed by atoms with Gasteiger partial charge in [0.2, 0.25) is 11.5 Å². The summed E-state index contributed by atoms with van der Waals surface area (Å²) in [5, 5.41) is 22.0. The van der Waals surface area contributed by atoms with E-state index in [4.69, 9.17) is 14.2 Å². The molecule has 0 aliphatic carbocycles. The van der Waals surface area contributed by atoms with Crippen molar-refractivity contribution in [1.29, 1.82) is 0 Å². The Morgan fingerprint density at radius 3 is 1.52 bits per heavy atom. The molecule has 9 heteroatoms. The minimum absolute atomic E-state index is 0.0805. The van der Waals surface area contributed by atoms with E-state index in [0.717, 1.165) is 0 Å². The van der Waals surface area contributed by atoms with E-state index in [1.807, 2.05) is 0 Å². The van der Waals surface area contributed by atoms with Crippen molar-refractivity contribution in [3.63, 3.8) is 0 Å². The van der Waals surface area contributed by atoms with E-state index in [1.54, 1.807) is 13.8 Å². The second-order valence-corrected chi connectivity index (χ2v) is 4.74. The van der Waals surface area contributed by atoms with Crippen molar-refractivity contribution in [3.8, 4) is 23.0 Å². The lowest BCUT2D eigenvalue weighted by Gasteiger charge is -2.10. The molecule has 0 atom stereocenters. The third kappa shape index (κ3) is 4.34. The van der Waals surface area contributed by atoms with E-state index in [2.05, 4.69) is 0 Å². The first kappa shape index (κ1) is 18.0. The van der Waals surface area contributed by atoms with Crippen LogP contribution >= 0.6 is 0 Å². The summed E-state index contributed by atoms with van der Waals surface area (Å²) in [5.74, 6) is 0.754. The molecule has 0 N–H and O–H groups in total. The van der Waals surface area contributed by atoms with Gasteiger partial charge in [0.1, 0.15) is 11.5 Å². The number of nitro groups is 2. The Balaban J connectivity index is 2.32. The summed E-state index contributed by atoms with van der Waals surface area (Å²) < 4.78 is 16.1. The van der Waals surface area contributed by atoms with Crippen LogP contribution in [0.5, 0.6) is 23.0 Å². The molecule has 2 aromatic rings. The highest BCUT2D eigenvalue weighted by molar-refractivity contribution is 5.54. The molecule has 0 aliphatic heterocycles. The van der Waals surface area contributed by atoms with Gasteiger partial charge in [-0.15, -0.1) is 0 Å². The first-order chi connectivity index (χ1) is 12.0. The maximum absolute atomic E-state index is 11.0. The normalized spacial score (nSPS) is 10.2. The Kier molecular flexibility index (Phi) is 5.72. The summed E-state index contributed by atoms with van der Waals surface area (Å²) in [6.07, 6.45) is 0. The molecule has 0 aromatic heterocycles. The molecule has 0 bridgehead atoms. The summed E-state index contributed by atoms with van der Waals surface area (Å²) in [6.45, 7) is 3.94. The maximum Gasteiger partial charge on any atom is 0.311 e. The molecule has 132 valence electrons. The van der Waals surface area contributed by atoms with Gasteiger partial charge in [-0.25, -0.2) is 0 Å². The Morgan fingerprint density at radius 1 is 0.800 bits per heavy atom. The van der Waals surface area contributed by atoms with Gasteiger partial charge in [-0.1, -0.05) is 0 Å². The second-order valence-electron chi connectivity index (χ2n) is 4.74. The molecule has 9 nitrogen and oxygen atoms in total. The zero-order valence-corrected chi connectivity index (χ0v) is 13.6. The van der Waals surface area contributed by atoms with Crippen LogP contribution in [-0.2, 0) is 0 Å². The fourth-order valence-electron chi connectivity index (χ4n) is 2.10. The van der Waals surface area contributed by atoms with E-state index < -0.39 is 9.85 Å². The zero-order valence-electron chi connectivity index (χ0n) is 13.6. The maximum atomic E-state index is 11.0. The highest BCUT2D eigenvalue weighted by Gasteiger charge is 2.18. The molecule has 0 radical (unpaired) electrons. The van der Waals surface area contributed by atoms with Gasteiger partial charge in [0.25, 0.3) is 0 Å². The van der Waals surface area contributed by atoms with Gasteiger partial charge in [0.05, 0.1) is 23.1 Å². The van der Waals surface area contributed by atoms with E-state index in [-0.39, 0.29) is 36.1 Å². The number of hydrogen-bond acceptors (Lipinski definition) is 7. The summed E-state index contributed by atoms with van der Waals surface area (Å²) >= 11 is 0. The van der Waals surface area contributed by atoms with Gasteiger partial charge in [0.15, 0.2) is 0 Å². The fourth-order valence-corrected chi connectivity index (χ4v) is 2.10. The Morgan fingerprint density at radius 2 is 1.20 bits per heavy atom. The van der Waals surface area contributed by atoms with Crippen LogP contribution in [0.15, 0.2) is 36.4 Å². The number of benzene rings is 2. The van der Waals surface area contributed by atoms with Crippen molar-refractivity contribution in [3.05, 3.63) is 56.6 Å². The minimum atomic E-state index is -0.548. The predicted molar refractivity (Wildman–Crippen MR) is 88.6 cm³/mol. The van der Waals surface area contributed by atoms with Crippen LogP contribution in [0.3, 0.4) is 0 Å². The molecule has 0 unspecified atom stereocenters. The van der Waals surface area contributed by atoms with Crippen LogP contribution in [0, 0.1) is 20.2 Å². The molecule has 0 spiro atoms. The molecule has 0 fully saturated rings. The monoisotopic (exact) mass is 348 g/mol. The third-order valence-electron chi connectivity index (χ3n) is 3.09. The number of rotatable bonds is 8. The molecule has 0 heterocycles. The average molecular weight is 348 g/mol. The van der Waals surface area contributed by atoms with Crippen LogP contribution in [0.25, 0.3) is 0 Å². The lowest BCUT2D eigenvalue weighted by molar-refractivity contribution is -0.386. The van der Waals surface area contributed by atoms with Gasteiger partial charge in [-0.2, -0.15) is 0 Å². The molecule has 0 amide bonds. The molecule has 0 saturated carbocycles. The van der Waals surface area contributed by atoms with Crippen molar-refractivity contribution >= 4 is 11.4 Å². The Hall–Kier alpha value is -3.36. The summed E-state index contributed by atoms with van der Waals surface area (Å²) in [5.41, 5.74) is -0.346. The average Bonchev–Trinajstić information content (AvgIpc) is 2.55. The van der Waals surface area contributed by atoms with Crippen LogP contribution < -0.4 is 14.2 Å². The van der Waals surface area contributed by atoms with Crippen molar-refractivity contribution in [2.45, 2.75) is 13.8 Å². The second kappa shape index (κ2) is 7.95. The van der Waals surface area contributed by atoms with Gasteiger partial charge >= 0.3 is 11.4 Å². The fraction of sp³-hybridized carbons (Fsp3) is 0.250. The van der Waals surface area contributed by atoms with E-state index in [9.17, 15) is 20.2 Å². The molecular formula is C16H16N2O7. The van der Waals surface area contributed by atoms with E-state index in [0.29, 0.717) is 11.5 Å². The molecular weight excluding hydrogens is 332 g/mol. The quantitative estimate of drug-likeness (QED) is 0.521. The lowest BCUT2D eigenvalue weighted by Crippen LogP contribution is -1.99. The smallest absolute Gasteiger partial charge is 0.311 e. The highest BCUT2D eigenvalue weighted by atomic mass is 16.6. The number of ether oxygens (including phenoxy) is 3. The molecule has 0 saturated heterocycles. The zero-order chi connectivity index (χ0) is 18.4. The van der Waals surface area contributed by atoms with Crippen molar-refractivity contribution in [2.24, 2.45) is 0 Å². The number of hydrogen-bond donors (Lipinski definition) is 0. The number of nitrogens with zero attached hydrogens (tertiary/aromatic N) is 2. The summed E-state index contributed by atoms with van der Waals surface area (Å²) in [7, 11) is 0. The predicted octanol–water partition coefficient (Wildman–Crippen LogP) is 4.09. The van der Waals surface area contributed by atoms with Gasteiger partial charge in [0, 0.05) is 24.3 Å². The SMILES string of the molecule is CCOc1cc(Oc2ccc([N+](=O)[O-])c(OCC)c2)ccc1[N+](=O)[O-]. The summed E-state index contributed by atoms with van der Waals surface area (Å²) in [6, 6.07) is 8.17. The van der Waals surface area contributed by atoms with Crippen LogP contribution in [0.2, 0.25) is 0 Å². The van der Waals surface area contributed by atoms with Crippen molar-refractivity contribution in [2.75, 3.05) is 13.2 Å². The van der Waals surface area contributed by atoms with Crippen molar-refractivity contribution in [1.82, 2.24) is 0 Å². The Bertz CT molecular complexity index is 727. The molecule has 2 rings (SSSR count). The molecule has 25 heavy (non-hydrogen) atoms. The largest absolute Gasteiger partial charge is 0.487 e. The van der Waals surface area contributed by atoms with Crippen LogP contribution in [0.1, 0.15) is 13.8 Å². The van der Waals surface area contributed by atoms with Crippen LogP contribution in [-0.4, -0.2) is 23.1 Å². The lowest BCUT2D eigenvalue weighted by atomic mass is 10.2. The van der Waals surface area contributed by atoms with E-state index in [1.165, 1.54) is 36.4 Å². The Labute approximate surface area is 143 Å². The number of nitro benzene ring substituents is 2. The standard InChI is InChI=1S/C16H16N2O7/c1-3-23-15-9-11(5-7-13(15)17(19)20)25-12-6-8-14(18(21)22)16(10-12)24-4-2/h5-10H,3-4H2,1-2H3. The van der Waals surface area contributed by atoms with Gasteiger partial charge in [-0.05, 0) is 26.0 Å². The first-order valence-electron chi connectivity index (χ1n) is 7.46. The first-order valence-corrected chi connectivity index (χ1v) is 7.46. The van der Waals surface area contributed by atoms with Crippen LogP contribution in [0.4, 0.5) is 11.4 Å².